The van der Waals surface area contributed by atoms with E-state index in [1.54, 1.807) is 4.90 Å². The van der Waals surface area contributed by atoms with Crippen LogP contribution in [0.1, 0.15) is 37.8 Å². The molecular weight excluding hydrogens is 412 g/mol. The first-order valence-electron chi connectivity index (χ1n) is 11.2. The number of carbonyl (C=O) groups excluding carboxylic acids is 1. The summed E-state index contributed by atoms with van der Waals surface area (Å²) in [6.07, 6.45) is 1.65. The monoisotopic (exact) mass is 445 g/mol. The maximum atomic E-state index is 13.7. The molecule has 0 spiro atoms. The molecule has 5 nitrogen and oxygen atoms in total. The number of likely N-dealkylation sites (tertiary alicyclic amines) is 1. The molecule has 0 atom stereocenters. The van der Waals surface area contributed by atoms with Gasteiger partial charge in [-0.1, -0.05) is 26.0 Å². The van der Waals surface area contributed by atoms with Crippen LogP contribution in [0.15, 0.2) is 42.5 Å². The molecule has 1 saturated heterocycles. The Labute approximate surface area is 189 Å². The van der Waals surface area contributed by atoms with Crippen LogP contribution >= 0.6 is 0 Å². The van der Waals surface area contributed by atoms with Gasteiger partial charge >= 0.3 is 6.03 Å². The second kappa shape index (κ2) is 11.3. The van der Waals surface area contributed by atoms with Gasteiger partial charge in [0.2, 0.25) is 0 Å². The van der Waals surface area contributed by atoms with Crippen LogP contribution in [-0.4, -0.2) is 48.6 Å². The molecule has 1 heterocycles. The topological polar surface area (TPSA) is 44.8 Å². The fraction of sp³-hybridized carbons (Fsp3) is 0.480. The quantitative estimate of drug-likeness (QED) is 0.635. The van der Waals surface area contributed by atoms with Gasteiger partial charge in [-0.05, 0) is 74.3 Å². The van der Waals surface area contributed by atoms with Crippen molar-refractivity contribution in [3.05, 3.63) is 65.2 Å². The summed E-state index contributed by atoms with van der Waals surface area (Å²) in [5, 5.41) is 2.97. The minimum absolute atomic E-state index is 0.0179. The number of hydrogen-bond acceptors (Lipinski definition) is 3. The minimum atomic E-state index is -0.636. The molecular formula is C25H33F2N3O2. The summed E-state index contributed by atoms with van der Waals surface area (Å²) >= 11 is 0. The predicted octanol–water partition coefficient (Wildman–Crippen LogP) is 4.81. The van der Waals surface area contributed by atoms with Crippen LogP contribution in [0.2, 0.25) is 0 Å². The normalized spacial score (nSPS) is 15.1. The number of nitrogens with zero attached hydrogens (tertiary/aromatic N) is 2. The van der Waals surface area contributed by atoms with Crippen molar-refractivity contribution in [2.75, 3.05) is 26.7 Å². The van der Waals surface area contributed by atoms with Gasteiger partial charge in [0.25, 0.3) is 0 Å². The van der Waals surface area contributed by atoms with Gasteiger partial charge < -0.3 is 19.9 Å². The van der Waals surface area contributed by atoms with Gasteiger partial charge in [0.1, 0.15) is 17.4 Å². The average Bonchev–Trinajstić information content (AvgIpc) is 2.75. The third kappa shape index (κ3) is 7.19. The highest BCUT2D eigenvalue weighted by Gasteiger charge is 2.27. The van der Waals surface area contributed by atoms with E-state index in [0.29, 0.717) is 24.6 Å². The van der Waals surface area contributed by atoms with Crippen molar-refractivity contribution in [3.8, 4) is 5.75 Å². The van der Waals surface area contributed by atoms with E-state index >= 15 is 0 Å². The van der Waals surface area contributed by atoms with Crippen LogP contribution in [0.4, 0.5) is 13.6 Å². The van der Waals surface area contributed by atoms with Crippen LogP contribution < -0.4 is 10.1 Å². The van der Waals surface area contributed by atoms with Crippen LogP contribution in [0.25, 0.3) is 0 Å². The number of carbonyl (C=O) groups is 1. The van der Waals surface area contributed by atoms with Gasteiger partial charge in [-0.25, -0.2) is 13.6 Å². The maximum absolute atomic E-state index is 13.7. The predicted molar refractivity (Wildman–Crippen MR) is 121 cm³/mol. The van der Waals surface area contributed by atoms with E-state index in [4.69, 9.17) is 4.74 Å². The van der Waals surface area contributed by atoms with Crippen molar-refractivity contribution in [2.24, 2.45) is 5.92 Å². The summed E-state index contributed by atoms with van der Waals surface area (Å²) in [5.74, 6) is -0.0204. The van der Waals surface area contributed by atoms with E-state index in [2.05, 4.69) is 31.1 Å². The second-order valence-electron chi connectivity index (χ2n) is 8.95. The standard InChI is InChI=1S/C25H33F2N3O2/c1-18(2)17-32-24-6-4-19(5-7-24)15-28-25(31)30(23-8-10-29(3)11-9-23)16-20-12-21(26)14-22(27)13-20/h4-7,12-14,18,23H,8-11,15-17H2,1-3H3,(H,28,31). The Morgan fingerprint density at radius 2 is 1.72 bits per heavy atom. The zero-order chi connectivity index (χ0) is 23.1. The number of piperidine rings is 1. The first-order valence-corrected chi connectivity index (χ1v) is 11.2. The van der Waals surface area contributed by atoms with Gasteiger partial charge in [-0.15, -0.1) is 0 Å². The molecule has 2 aromatic carbocycles. The Morgan fingerprint density at radius 3 is 2.31 bits per heavy atom. The third-order valence-corrected chi connectivity index (χ3v) is 5.62. The van der Waals surface area contributed by atoms with Gasteiger partial charge in [0.05, 0.1) is 6.61 Å². The second-order valence-corrected chi connectivity index (χ2v) is 8.95. The minimum Gasteiger partial charge on any atom is -0.493 e. The molecule has 0 bridgehead atoms. The third-order valence-electron chi connectivity index (χ3n) is 5.62. The Hall–Kier alpha value is -2.67. The lowest BCUT2D eigenvalue weighted by molar-refractivity contribution is 0.127. The van der Waals surface area contributed by atoms with E-state index in [1.807, 2.05) is 24.3 Å². The Morgan fingerprint density at radius 1 is 1.09 bits per heavy atom. The van der Waals surface area contributed by atoms with Crippen molar-refractivity contribution in [1.82, 2.24) is 15.1 Å². The summed E-state index contributed by atoms with van der Waals surface area (Å²) < 4.78 is 33.1. The van der Waals surface area contributed by atoms with Crippen molar-refractivity contribution in [2.45, 2.75) is 45.8 Å². The smallest absolute Gasteiger partial charge is 0.318 e. The van der Waals surface area contributed by atoms with E-state index < -0.39 is 11.6 Å². The molecule has 0 saturated carbocycles. The van der Waals surface area contributed by atoms with Crippen LogP contribution in [-0.2, 0) is 13.1 Å². The summed E-state index contributed by atoms with van der Waals surface area (Å²) in [6, 6.07) is 10.9. The molecule has 3 rings (SSSR count). The molecule has 174 valence electrons. The molecule has 0 aromatic heterocycles. The molecule has 0 unspecified atom stereocenters. The largest absolute Gasteiger partial charge is 0.493 e. The number of halogens is 2. The number of rotatable bonds is 8. The number of benzene rings is 2. The first kappa shape index (κ1) is 24.0. The van der Waals surface area contributed by atoms with Crippen LogP contribution in [0.3, 0.4) is 0 Å². The number of urea groups is 1. The van der Waals surface area contributed by atoms with E-state index in [9.17, 15) is 13.6 Å². The molecule has 0 radical (unpaired) electrons. The molecule has 2 amide bonds. The summed E-state index contributed by atoms with van der Waals surface area (Å²) in [6.45, 7) is 7.13. The summed E-state index contributed by atoms with van der Waals surface area (Å²) in [4.78, 5) is 17.0. The first-order chi connectivity index (χ1) is 15.3. The lowest BCUT2D eigenvalue weighted by Gasteiger charge is -2.37. The number of hydrogen-bond donors (Lipinski definition) is 1. The highest BCUT2D eigenvalue weighted by molar-refractivity contribution is 5.74. The van der Waals surface area contributed by atoms with Crippen LogP contribution in [0, 0.1) is 17.6 Å². The molecule has 1 aliphatic rings. The van der Waals surface area contributed by atoms with Crippen molar-refractivity contribution in [3.63, 3.8) is 0 Å². The Balaban J connectivity index is 1.65. The molecule has 1 N–H and O–H groups in total. The van der Waals surface area contributed by atoms with Gasteiger partial charge in [0, 0.05) is 25.2 Å². The zero-order valence-corrected chi connectivity index (χ0v) is 19.1. The highest BCUT2D eigenvalue weighted by Crippen LogP contribution is 2.20. The van der Waals surface area contributed by atoms with Crippen molar-refractivity contribution < 1.29 is 18.3 Å². The van der Waals surface area contributed by atoms with E-state index in [1.165, 1.54) is 12.1 Å². The van der Waals surface area contributed by atoms with Gasteiger partial charge in [-0.2, -0.15) is 0 Å². The molecule has 32 heavy (non-hydrogen) atoms. The number of ether oxygens (including phenoxy) is 1. The summed E-state index contributed by atoms with van der Waals surface area (Å²) in [7, 11) is 2.05. The SMILES string of the molecule is CC(C)COc1ccc(CNC(=O)N(Cc2cc(F)cc(F)c2)C2CCN(C)CC2)cc1. The fourth-order valence-electron chi connectivity index (χ4n) is 3.82. The van der Waals surface area contributed by atoms with E-state index in [-0.39, 0.29) is 18.6 Å². The average molecular weight is 446 g/mol. The van der Waals surface area contributed by atoms with Crippen molar-refractivity contribution >= 4 is 6.03 Å². The Bertz CT molecular complexity index is 861. The summed E-state index contributed by atoms with van der Waals surface area (Å²) in [5.41, 5.74) is 1.40. The lowest BCUT2D eigenvalue weighted by Crippen LogP contribution is -2.49. The molecule has 7 heteroatoms. The van der Waals surface area contributed by atoms with Gasteiger partial charge in [0.15, 0.2) is 0 Å². The lowest BCUT2D eigenvalue weighted by atomic mass is 10.0. The fourth-order valence-corrected chi connectivity index (χ4v) is 3.82. The van der Waals surface area contributed by atoms with Crippen molar-refractivity contribution in [1.29, 1.82) is 0 Å². The number of nitrogens with one attached hydrogen (secondary N) is 1. The maximum Gasteiger partial charge on any atom is 0.318 e. The highest BCUT2D eigenvalue weighted by atomic mass is 19.1. The van der Waals surface area contributed by atoms with Crippen LogP contribution in [0.5, 0.6) is 5.75 Å². The van der Waals surface area contributed by atoms with Gasteiger partial charge in [-0.3, -0.25) is 0 Å². The molecule has 1 aliphatic heterocycles. The number of amides is 2. The molecule has 1 fully saturated rings. The molecule has 2 aromatic rings. The molecule has 0 aliphatic carbocycles. The Kier molecular flexibility index (Phi) is 8.45. The van der Waals surface area contributed by atoms with E-state index in [0.717, 1.165) is 43.3 Å². The zero-order valence-electron chi connectivity index (χ0n) is 19.1.